The molecule has 1 heterocycles. The summed E-state index contributed by atoms with van der Waals surface area (Å²) in [6.07, 6.45) is 2.12. The van der Waals surface area contributed by atoms with Crippen LogP contribution < -0.4 is 5.32 Å². The van der Waals surface area contributed by atoms with Crippen molar-refractivity contribution in [1.82, 2.24) is 10.3 Å². The molecule has 3 heteroatoms. The molecule has 0 saturated carbocycles. The van der Waals surface area contributed by atoms with E-state index in [0.717, 1.165) is 0 Å². The van der Waals surface area contributed by atoms with Gasteiger partial charge in [-0.2, -0.15) is 0 Å². The number of nitrogens with zero attached hydrogens (tertiary/aromatic N) is 1. The fourth-order valence-corrected chi connectivity index (χ4v) is 2.40. The first kappa shape index (κ1) is 15.4. The van der Waals surface area contributed by atoms with Gasteiger partial charge in [-0.3, -0.25) is 9.78 Å². The molecule has 110 valence electrons. The molecule has 2 rings (SSSR count). The number of carbonyl (C=O) groups is 1. The number of benzene rings is 1. The number of pyridine rings is 1. The summed E-state index contributed by atoms with van der Waals surface area (Å²) in [6, 6.07) is 16.1. The number of hydrogen-bond donors (Lipinski definition) is 1. The van der Waals surface area contributed by atoms with Gasteiger partial charge in [-0.1, -0.05) is 50.2 Å². The Kier molecular flexibility index (Phi) is 5.64. The predicted octanol–water partition coefficient (Wildman–Crippen LogP) is 3.64. The summed E-state index contributed by atoms with van der Waals surface area (Å²) in [6.45, 7) is 5.03. The Morgan fingerprint density at radius 2 is 1.81 bits per heavy atom. The first-order valence-corrected chi connectivity index (χ1v) is 7.41. The van der Waals surface area contributed by atoms with Crippen molar-refractivity contribution in [3.05, 3.63) is 66.0 Å². The zero-order valence-electron chi connectivity index (χ0n) is 12.6. The predicted molar refractivity (Wildman–Crippen MR) is 85.2 cm³/mol. The normalized spacial score (nSPS) is 12.3. The maximum absolute atomic E-state index is 12.0. The number of carbonyl (C=O) groups excluding carboxylic acids is 1. The van der Waals surface area contributed by atoms with Gasteiger partial charge in [-0.05, 0) is 23.6 Å². The van der Waals surface area contributed by atoms with Gasteiger partial charge in [-0.15, -0.1) is 0 Å². The molecule has 0 aliphatic rings. The van der Waals surface area contributed by atoms with Gasteiger partial charge in [0, 0.05) is 25.2 Å². The van der Waals surface area contributed by atoms with Gasteiger partial charge in [0.15, 0.2) is 5.78 Å². The van der Waals surface area contributed by atoms with Crippen molar-refractivity contribution in [3.8, 4) is 0 Å². The lowest BCUT2D eigenvalue weighted by Crippen LogP contribution is -2.28. The van der Waals surface area contributed by atoms with Crippen LogP contribution in [-0.4, -0.2) is 17.3 Å². The summed E-state index contributed by atoms with van der Waals surface area (Å²) in [5.74, 6) is 0.552. The summed E-state index contributed by atoms with van der Waals surface area (Å²) < 4.78 is 0. The maximum Gasteiger partial charge on any atom is 0.182 e. The van der Waals surface area contributed by atoms with E-state index in [1.807, 2.05) is 30.3 Å². The second kappa shape index (κ2) is 7.70. The lowest BCUT2D eigenvalue weighted by atomic mass is 9.96. The summed E-state index contributed by atoms with van der Waals surface area (Å²) in [5, 5.41) is 3.49. The molecule has 1 atom stereocenters. The number of aromatic nitrogens is 1. The van der Waals surface area contributed by atoms with Gasteiger partial charge in [0.1, 0.15) is 5.69 Å². The number of nitrogens with one attached hydrogen (secondary N) is 1. The van der Waals surface area contributed by atoms with E-state index in [0.29, 0.717) is 24.6 Å². The monoisotopic (exact) mass is 282 g/mol. The molecule has 0 amide bonds. The lowest BCUT2D eigenvalue weighted by molar-refractivity contribution is 0.0976. The molecule has 0 aliphatic carbocycles. The Morgan fingerprint density at radius 1 is 1.10 bits per heavy atom. The van der Waals surface area contributed by atoms with Crippen LogP contribution in [0.4, 0.5) is 0 Å². The molecule has 3 nitrogen and oxygen atoms in total. The number of hydrogen-bond acceptors (Lipinski definition) is 3. The largest absolute Gasteiger partial charge is 0.309 e. The first-order chi connectivity index (χ1) is 10.2. The zero-order valence-corrected chi connectivity index (χ0v) is 12.6. The summed E-state index contributed by atoms with van der Waals surface area (Å²) in [7, 11) is 0. The van der Waals surface area contributed by atoms with Crippen LogP contribution in [-0.2, 0) is 0 Å². The lowest BCUT2D eigenvalue weighted by Gasteiger charge is -2.22. The maximum atomic E-state index is 12.0. The quantitative estimate of drug-likeness (QED) is 0.788. The standard InChI is InChI=1S/C18H22N2O/c1-14(2)18(15-8-4-3-5-9-15)20-13-11-17(21)16-10-6-7-12-19-16/h3-10,12,14,18,20H,11,13H2,1-2H3. The van der Waals surface area contributed by atoms with E-state index in [-0.39, 0.29) is 11.8 Å². The van der Waals surface area contributed by atoms with Crippen LogP contribution in [0.15, 0.2) is 54.7 Å². The summed E-state index contributed by atoms with van der Waals surface area (Å²) >= 11 is 0. The third kappa shape index (κ3) is 4.50. The molecule has 1 unspecified atom stereocenters. The van der Waals surface area contributed by atoms with Crippen molar-refractivity contribution in [1.29, 1.82) is 0 Å². The fraction of sp³-hybridized carbons (Fsp3) is 0.333. The minimum Gasteiger partial charge on any atom is -0.309 e. The molecule has 2 aromatic rings. The van der Waals surface area contributed by atoms with Crippen LogP contribution in [0.3, 0.4) is 0 Å². The van der Waals surface area contributed by atoms with E-state index in [2.05, 4.69) is 36.3 Å². The second-order valence-electron chi connectivity index (χ2n) is 5.47. The van der Waals surface area contributed by atoms with Crippen molar-refractivity contribution < 1.29 is 4.79 Å². The highest BCUT2D eigenvalue weighted by Gasteiger charge is 2.15. The third-order valence-electron chi connectivity index (χ3n) is 3.49. The SMILES string of the molecule is CC(C)C(NCCC(=O)c1ccccn1)c1ccccc1. The second-order valence-corrected chi connectivity index (χ2v) is 5.47. The van der Waals surface area contributed by atoms with E-state index in [1.165, 1.54) is 5.56 Å². The van der Waals surface area contributed by atoms with E-state index in [4.69, 9.17) is 0 Å². The Hall–Kier alpha value is -2.00. The van der Waals surface area contributed by atoms with Crippen molar-refractivity contribution in [2.24, 2.45) is 5.92 Å². The van der Waals surface area contributed by atoms with Crippen molar-refractivity contribution in [2.75, 3.05) is 6.54 Å². The van der Waals surface area contributed by atoms with Gasteiger partial charge >= 0.3 is 0 Å². The van der Waals surface area contributed by atoms with E-state index >= 15 is 0 Å². The van der Waals surface area contributed by atoms with Gasteiger partial charge < -0.3 is 5.32 Å². The van der Waals surface area contributed by atoms with Crippen molar-refractivity contribution in [2.45, 2.75) is 26.3 Å². The van der Waals surface area contributed by atoms with Crippen molar-refractivity contribution >= 4 is 5.78 Å². The van der Waals surface area contributed by atoms with Crippen molar-refractivity contribution in [3.63, 3.8) is 0 Å². The highest BCUT2D eigenvalue weighted by Crippen LogP contribution is 2.21. The van der Waals surface area contributed by atoms with Gasteiger partial charge in [0.05, 0.1) is 0 Å². The van der Waals surface area contributed by atoms with Gasteiger partial charge in [0.2, 0.25) is 0 Å². The third-order valence-corrected chi connectivity index (χ3v) is 3.49. The number of rotatable bonds is 7. The van der Waals surface area contributed by atoms with Crippen LogP contribution in [0, 0.1) is 5.92 Å². The molecule has 0 fully saturated rings. The Morgan fingerprint density at radius 3 is 2.43 bits per heavy atom. The fourth-order valence-electron chi connectivity index (χ4n) is 2.40. The minimum absolute atomic E-state index is 0.0821. The zero-order chi connectivity index (χ0) is 15.1. The van der Waals surface area contributed by atoms with E-state index < -0.39 is 0 Å². The Bertz CT molecular complexity index is 552. The average Bonchev–Trinajstić information content (AvgIpc) is 2.52. The molecule has 0 aliphatic heterocycles. The van der Waals surface area contributed by atoms with E-state index in [1.54, 1.807) is 12.3 Å². The Balaban J connectivity index is 1.90. The van der Waals surface area contributed by atoms with Crippen LogP contribution in [0.2, 0.25) is 0 Å². The molecule has 0 radical (unpaired) electrons. The molecular weight excluding hydrogens is 260 g/mol. The highest BCUT2D eigenvalue weighted by atomic mass is 16.1. The highest BCUT2D eigenvalue weighted by molar-refractivity contribution is 5.94. The first-order valence-electron chi connectivity index (χ1n) is 7.41. The molecule has 21 heavy (non-hydrogen) atoms. The Labute approximate surface area is 126 Å². The molecule has 0 spiro atoms. The van der Waals surface area contributed by atoms with Crippen LogP contribution in [0.25, 0.3) is 0 Å². The van der Waals surface area contributed by atoms with Gasteiger partial charge in [-0.25, -0.2) is 0 Å². The number of Topliss-reactive ketones (excluding diaryl/α,β-unsaturated/α-hetero) is 1. The van der Waals surface area contributed by atoms with Gasteiger partial charge in [0.25, 0.3) is 0 Å². The minimum atomic E-state index is 0.0821. The smallest absolute Gasteiger partial charge is 0.182 e. The molecule has 0 saturated heterocycles. The van der Waals surface area contributed by atoms with Crippen LogP contribution >= 0.6 is 0 Å². The summed E-state index contributed by atoms with van der Waals surface area (Å²) in [4.78, 5) is 16.1. The molecule has 1 aromatic heterocycles. The number of ketones is 1. The van der Waals surface area contributed by atoms with Crippen LogP contribution in [0.5, 0.6) is 0 Å². The van der Waals surface area contributed by atoms with E-state index in [9.17, 15) is 4.79 Å². The topological polar surface area (TPSA) is 42.0 Å². The molecular formula is C18H22N2O. The molecule has 1 aromatic carbocycles. The molecule has 0 bridgehead atoms. The summed E-state index contributed by atoms with van der Waals surface area (Å²) in [5.41, 5.74) is 1.80. The average molecular weight is 282 g/mol. The van der Waals surface area contributed by atoms with Crippen LogP contribution in [0.1, 0.15) is 42.4 Å². The molecule has 1 N–H and O–H groups in total.